The Balaban J connectivity index is 1.62. The van der Waals surface area contributed by atoms with Crippen LogP contribution in [0.3, 0.4) is 0 Å². The molecule has 1 aliphatic heterocycles. The number of rotatable bonds is 5. The van der Waals surface area contributed by atoms with Crippen molar-refractivity contribution in [3.63, 3.8) is 0 Å². The molecule has 24 heavy (non-hydrogen) atoms. The summed E-state index contributed by atoms with van der Waals surface area (Å²) in [7, 11) is 1.53. The van der Waals surface area contributed by atoms with Gasteiger partial charge in [0.2, 0.25) is 6.79 Å². The highest BCUT2D eigenvalue weighted by Crippen LogP contribution is 2.40. The number of fused-ring (bicyclic) bond motifs is 1. The molecule has 0 radical (unpaired) electrons. The van der Waals surface area contributed by atoms with Gasteiger partial charge in [0.1, 0.15) is 5.75 Å². The molecule has 0 fully saturated rings. The van der Waals surface area contributed by atoms with E-state index in [0.29, 0.717) is 29.4 Å². The van der Waals surface area contributed by atoms with Gasteiger partial charge in [0.05, 0.1) is 18.5 Å². The van der Waals surface area contributed by atoms with Crippen LogP contribution in [-0.4, -0.2) is 36.2 Å². The zero-order valence-corrected chi connectivity index (χ0v) is 13.8. The molecule has 0 saturated carbocycles. The van der Waals surface area contributed by atoms with Crippen LogP contribution in [0.1, 0.15) is 18.3 Å². The van der Waals surface area contributed by atoms with E-state index in [4.69, 9.17) is 14.2 Å². The maximum atomic E-state index is 12.2. The first kappa shape index (κ1) is 16.0. The minimum absolute atomic E-state index is 0.0762. The summed E-state index contributed by atoms with van der Waals surface area (Å²) in [5, 5.41) is 12.7. The molecular weight excluding hydrogens is 312 g/mol. The van der Waals surface area contributed by atoms with Crippen LogP contribution in [0.2, 0.25) is 0 Å². The van der Waals surface area contributed by atoms with Crippen LogP contribution in [0.4, 0.5) is 10.5 Å². The average Bonchev–Trinajstić information content (AvgIpc) is 3.14. The number of amides is 2. The average molecular weight is 332 g/mol. The number of carbonyl (C=O) groups is 1. The molecule has 8 heteroatoms. The largest absolute Gasteiger partial charge is 0.494 e. The standard InChI is InChI=1S/C16H20N4O4/c1-9(4-11-5-10(2)19-20-11)17-16(21)18-12-6-14-15(24-8-23-14)7-13(12)22-3/h5-7,9H,4,8H2,1-3H3,(H,19,20)(H2,17,18,21)/t9-/m1/s1. The second-order valence-corrected chi connectivity index (χ2v) is 5.65. The normalized spacial score (nSPS) is 13.5. The van der Waals surface area contributed by atoms with E-state index in [2.05, 4.69) is 20.8 Å². The second kappa shape index (κ2) is 6.69. The summed E-state index contributed by atoms with van der Waals surface area (Å²) >= 11 is 0. The third-order valence-corrected chi connectivity index (χ3v) is 3.59. The number of hydrogen-bond acceptors (Lipinski definition) is 5. The first-order valence-corrected chi connectivity index (χ1v) is 7.61. The number of hydrogen-bond donors (Lipinski definition) is 3. The molecule has 2 amide bonds. The summed E-state index contributed by atoms with van der Waals surface area (Å²) < 4.78 is 15.9. The highest BCUT2D eigenvalue weighted by molar-refractivity contribution is 5.91. The van der Waals surface area contributed by atoms with Crippen molar-refractivity contribution in [2.24, 2.45) is 0 Å². The number of aromatic nitrogens is 2. The minimum atomic E-state index is -0.327. The molecule has 0 spiro atoms. The van der Waals surface area contributed by atoms with Crippen molar-refractivity contribution >= 4 is 11.7 Å². The predicted molar refractivity (Wildman–Crippen MR) is 87.8 cm³/mol. The van der Waals surface area contributed by atoms with E-state index >= 15 is 0 Å². The Morgan fingerprint density at radius 2 is 2.12 bits per heavy atom. The van der Waals surface area contributed by atoms with Gasteiger partial charge in [-0.2, -0.15) is 5.10 Å². The molecule has 1 aromatic carbocycles. The van der Waals surface area contributed by atoms with E-state index in [1.54, 1.807) is 12.1 Å². The Morgan fingerprint density at radius 3 is 2.79 bits per heavy atom. The van der Waals surface area contributed by atoms with E-state index in [-0.39, 0.29) is 18.9 Å². The lowest BCUT2D eigenvalue weighted by Crippen LogP contribution is -2.37. The number of H-pyrrole nitrogens is 1. The Kier molecular flexibility index (Phi) is 4.45. The van der Waals surface area contributed by atoms with Crippen molar-refractivity contribution in [3.8, 4) is 17.2 Å². The van der Waals surface area contributed by atoms with Crippen LogP contribution in [0.5, 0.6) is 17.2 Å². The topological polar surface area (TPSA) is 97.5 Å². The third-order valence-electron chi connectivity index (χ3n) is 3.59. The highest BCUT2D eigenvalue weighted by atomic mass is 16.7. The molecule has 0 unspecified atom stereocenters. The Hall–Kier alpha value is -2.90. The first-order valence-electron chi connectivity index (χ1n) is 7.61. The SMILES string of the molecule is COc1cc2c(cc1NC(=O)N[C@H](C)Cc1cc(C)[nH]n1)OCO2. The lowest BCUT2D eigenvalue weighted by molar-refractivity contribution is 0.174. The van der Waals surface area contributed by atoms with Gasteiger partial charge >= 0.3 is 6.03 Å². The number of aromatic amines is 1. The second-order valence-electron chi connectivity index (χ2n) is 5.65. The molecule has 1 aliphatic rings. The maximum Gasteiger partial charge on any atom is 0.319 e. The Bertz CT molecular complexity index is 744. The number of carbonyl (C=O) groups excluding carboxylic acids is 1. The zero-order valence-electron chi connectivity index (χ0n) is 13.8. The van der Waals surface area contributed by atoms with E-state index in [1.807, 2.05) is 19.9 Å². The number of nitrogens with zero attached hydrogens (tertiary/aromatic N) is 1. The van der Waals surface area contributed by atoms with Crippen molar-refractivity contribution < 1.29 is 19.0 Å². The first-order chi connectivity index (χ1) is 11.5. The molecule has 1 aromatic heterocycles. The maximum absolute atomic E-state index is 12.2. The predicted octanol–water partition coefficient (Wildman–Crippen LogP) is 2.21. The number of anilines is 1. The summed E-state index contributed by atoms with van der Waals surface area (Å²) in [6.45, 7) is 4.02. The number of ether oxygens (including phenoxy) is 3. The van der Waals surface area contributed by atoms with Gasteiger partial charge in [0.25, 0.3) is 0 Å². The Labute approximate surface area is 139 Å². The van der Waals surface area contributed by atoms with Crippen molar-refractivity contribution in [2.45, 2.75) is 26.3 Å². The number of methoxy groups -OCH3 is 1. The molecule has 128 valence electrons. The van der Waals surface area contributed by atoms with E-state index in [9.17, 15) is 4.79 Å². The molecule has 2 aromatic rings. The molecule has 8 nitrogen and oxygen atoms in total. The van der Waals surface area contributed by atoms with Crippen molar-refractivity contribution in [1.82, 2.24) is 15.5 Å². The van der Waals surface area contributed by atoms with Crippen LogP contribution < -0.4 is 24.8 Å². The number of nitrogens with one attached hydrogen (secondary N) is 3. The van der Waals surface area contributed by atoms with Gasteiger partial charge in [-0.25, -0.2) is 4.79 Å². The van der Waals surface area contributed by atoms with Gasteiger partial charge in [-0.1, -0.05) is 0 Å². The van der Waals surface area contributed by atoms with Crippen molar-refractivity contribution in [3.05, 3.63) is 29.6 Å². The fraction of sp³-hybridized carbons (Fsp3) is 0.375. The lowest BCUT2D eigenvalue weighted by Gasteiger charge is -2.15. The van der Waals surface area contributed by atoms with Crippen LogP contribution >= 0.6 is 0 Å². The molecule has 2 heterocycles. The van der Waals surface area contributed by atoms with Crippen LogP contribution in [0.15, 0.2) is 18.2 Å². The minimum Gasteiger partial charge on any atom is -0.494 e. The van der Waals surface area contributed by atoms with Crippen LogP contribution in [0, 0.1) is 6.92 Å². The van der Waals surface area contributed by atoms with Crippen molar-refractivity contribution in [2.75, 3.05) is 19.2 Å². The molecule has 0 aliphatic carbocycles. The van der Waals surface area contributed by atoms with E-state index < -0.39 is 0 Å². The fourth-order valence-corrected chi connectivity index (χ4v) is 2.52. The summed E-state index contributed by atoms with van der Waals surface area (Å²) in [5.41, 5.74) is 2.41. The quantitative estimate of drug-likeness (QED) is 0.780. The third kappa shape index (κ3) is 3.53. The highest BCUT2D eigenvalue weighted by Gasteiger charge is 2.19. The monoisotopic (exact) mass is 332 g/mol. The summed E-state index contributed by atoms with van der Waals surface area (Å²) in [6, 6.07) is 4.92. The van der Waals surface area contributed by atoms with E-state index in [1.165, 1.54) is 7.11 Å². The van der Waals surface area contributed by atoms with Gasteiger partial charge in [-0.3, -0.25) is 5.10 Å². The summed E-state index contributed by atoms with van der Waals surface area (Å²) in [6.07, 6.45) is 0.635. The summed E-state index contributed by atoms with van der Waals surface area (Å²) in [5.74, 6) is 1.68. The lowest BCUT2D eigenvalue weighted by atomic mass is 10.2. The smallest absolute Gasteiger partial charge is 0.319 e. The number of aryl methyl sites for hydroxylation is 1. The number of benzene rings is 1. The van der Waals surface area contributed by atoms with E-state index in [0.717, 1.165) is 11.4 Å². The number of urea groups is 1. The molecular formula is C16H20N4O4. The molecule has 3 N–H and O–H groups in total. The van der Waals surface area contributed by atoms with Gasteiger partial charge in [-0.05, 0) is 19.9 Å². The van der Waals surface area contributed by atoms with Gasteiger partial charge in [0.15, 0.2) is 11.5 Å². The Morgan fingerprint density at radius 1 is 1.38 bits per heavy atom. The molecule has 0 bridgehead atoms. The van der Waals surface area contributed by atoms with Crippen LogP contribution in [0.25, 0.3) is 0 Å². The van der Waals surface area contributed by atoms with Gasteiger partial charge < -0.3 is 24.8 Å². The van der Waals surface area contributed by atoms with Crippen molar-refractivity contribution in [1.29, 1.82) is 0 Å². The summed E-state index contributed by atoms with van der Waals surface area (Å²) in [4.78, 5) is 12.2. The molecule has 3 rings (SSSR count). The fourth-order valence-electron chi connectivity index (χ4n) is 2.52. The van der Waals surface area contributed by atoms with Gasteiger partial charge in [0, 0.05) is 30.3 Å². The zero-order chi connectivity index (χ0) is 17.1. The van der Waals surface area contributed by atoms with Crippen LogP contribution in [-0.2, 0) is 6.42 Å². The molecule has 1 atom stereocenters. The van der Waals surface area contributed by atoms with Gasteiger partial charge in [-0.15, -0.1) is 0 Å². The molecule has 0 saturated heterocycles.